The monoisotopic (exact) mass is 521 g/mol. The molecule has 0 atom stereocenters. The minimum atomic E-state index is -3.64. The molecule has 2 heterocycles. The molecule has 1 saturated heterocycles. The van der Waals surface area contributed by atoms with Gasteiger partial charge in [0, 0.05) is 48.5 Å². The number of sulfonamides is 1. The number of halogens is 1. The second kappa shape index (κ2) is 9.54. The molecule has 0 aromatic heterocycles. The first-order valence-electron chi connectivity index (χ1n) is 11.5. The average molecular weight is 522 g/mol. The number of anilines is 1. The number of fused-ring (bicyclic) bond motifs is 1. The standard InChI is InChI=1S/C27H24ClN3O4S/c1-19-6-10-21(11-7-19)31-26(32)24-5-3-2-4-23(24)25(27(31)33)18-29-14-16-30(17-15-29)36(34,35)22-12-8-20(28)9-13-22/h2-13,18H,14-17H2,1H3/b25-18-. The van der Waals surface area contributed by atoms with Crippen LogP contribution in [0.25, 0.3) is 5.57 Å². The second-order valence-electron chi connectivity index (χ2n) is 8.76. The molecule has 36 heavy (non-hydrogen) atoms. The number of benzene rings is 3. The van der Waals surface area contributed by atoms with E-state index in [1.165, 1.54) is 21.3 Å². The zero-order chi connectivity index (χ0) is 25.4. The molecule has 0 bridgehead atoms. The topological polar surface area (TPSA) is 78.0 Å². The molecule has 0 unspecified atom stereocenters. The quantitative estimate of drug-likeness (QED) is 0.380. The first-order valence-corrected chi connectivity index (χ1v) is 13.3. The highest BCUT2D eigenvalue weighted by Gasteiger charge is 2.36. The first kappa shape index (κ1) is 24.2. The SMILES string of the molecule is Cc1ccc(N2C(=O)/C(=C\N3CCN(S(=O)(=O)c4ccc(Cl)cc4)CC3)c3ccccc3C2=O)cc1. The Morgan fingerprint density at radius 2 is 1.39 bits per heavy atom. The van der Waals surface area contributed by atoms with Gasteiger partial charge in [-0.2, -0.15) is 4.31 Å². The van der Waals surface area contributed by atoms with E-state index < -0.39 is 15.9 Å². The summed E-state index contributed by atoms with van der Waals surface area (Å²) in [6.45, 7) is 3.29. The van der Waals surface area contributed by atoms with Crippen molar-refractivity contribution in [3.63, 3.8) is 0 Å². The van der Waals surface area contributed by atoms with Crippen LogP contribution in [0.1, 0.15) is 21.5 Å². The van der Waals surface area contributed by atoms with Crippen LogP contribution in [0.15, 0.2) is 83.9 Å². The highest BCUT2D eigenvalue weighted by molar-refractivity contribution is 7.89. The van der Waals surface area contributed by atoms with Gasteiger partial charge in [0.05, 0.1) is 16.2 Å². The Bertz CT molecular complexity index is 1460. The third-order valence-corrected chi connectivity index (χ3v) is 8.58. The molecule has 0 spiro atoms. The van der Waals surface area contributed by atoms with Gasteiger partial charge in [0.2, 0.25) is 10.0 Å². The summed E-state index contributed by atoms with van der Waals surface area (Å²) >= 11 is 5.90. The van der Waals surface area contributed by atoms with Crippen LogP contribution in [0.5, 0.6) is 0 Å². The first-order chi connectivity index (χ1) is 17.3. The summed E-state index contributed by atoms with van der Waals surface area (Å²) in [7, 11) is -3.64. The maximum atomic E-state index is 13.6. The van der Waals surface area contributed by atoms with Crippen molar-refractivity contribution in [3.8, 4) is 0 Å². The Hall–Kier alpha value is -3.46. The van der Waals surface area contributed by atoms with E-state index in [0.29, 0.717) is 40.5 Å². The molecule has 0 radical (unpaired) electrons. The Labute approximate surface area is 215 Å². The zero-order valence-electron chi connectivity index (χ0n) is 19.6. The van der Waals surface area contributed by atoms with Gasteiger partial charge in [0.25, 0.3) is 11.8 Å². The maximum absolute atomic E-state index is 13.6. The number of carbonyl (C=O) groups is 2. The number of carbonyl (C=O) groups excluding carboxylic acids is 2. The Morgan fingerprint density at radius 1 is 0.778 bits per heavy atom. The lowest BCUT2D eigenvalue weighted by atomic mass is 9.93. The fourth-order valence-electron chi connectivity index (χ4n) is 4.42. The Morgan fingerprint density at radius 3 is 2.03 bits per heavy atom. The number of piperazine rings is 1. The number of amides is 2. The normalized spacial score (nSPS) is 18.0. The molecular formula is C27H24ClN3O4S. The van der Waals surface area contributed by atoms with Crippen molar-refractivity contribution in [3.05, 3.63) is 101 Å². The van der Waals surface area contributed by atoms with Crippen molar-refractivity contribution in [1.82, 2.24) is 9.21 Å². The summed E-state index contributed by atoms with van der Waals surface area (Å²) in [6.07, 6.45) is 1.75. The molecular weight excluding hydrogens is 498 g/mol. The number of hydrogen-bond donors (Lipinski definition) is 0. The van der Waals surface area contributed by atoms with Gasteiger partial charge in [-0.3, -0.25) is 9.59 Å². The minimum Gasteiger partial charge on any atom is -0.374 e. The molecule has 0 aliphatic carbocycles. The van der Waals surface area contributed by atoms with Gasteiger partial charge in [-0.25, -0.2) is 13.3 Å². The van der Waals surface area contributed by atoms with E-state index in [9.17, 15) is 18.0 Å². The van der Waals surface area contributed by atoms with E-state index in [1.807, 2.05) is 24.0 Å². The van der Waals surface area contributed by atoms with Crippen LogP contribution >= 0.6 is 11.6 Å². The largest absolute Gasteiger partial charge is 0.374 e. The molecule has 5 rings (SSSR count). The highest BCUT2D eigenvalue weighted by Crippen LogP contribution is 2.33. The Balaban J connectivity index is 1.41. The van der Waals surface area contributed by atoms with Crippen LogP contribution in [-0.4, -0.2) is 55.6 Å². The van der Waals surface area contributed by atoms with Crippen LogP contribution in [-0.2, 0) is 14.8 Å². The summed E-state index contributed by atoms with van der Waals surface area (Å²) in [4.78, 5) is 30.2. The summed E-state index contributed by atoms with van der Waals surface area (Å²) in [5, 5.41) is 0.473. The molecule has 2 amide bonds. The van der Waals surface area contributed by atoms with Gasteiger partial charge in [-0.1, -0.05) is 47.5 Å². The van der Waals surface area contributed by atoms with Gasteiger partial charge in [0.1, 0.15) is 0 Å². The molecule has 3 aromatic rings. The lowest BCUT2D eigenvalue weighted by Gasteiger charge is -2.35. The van der Waals surface area contributed by atoms with Crippen LogP contribution in [0.2, 0.25) is 5.02 Å². The van der Waals surface area contributed by atoms with Gasteiger partial charge < -0.3 is 4.90 Å². The molecule has 2 aliphatic rings. The molecule has 9 heteroatoms. The molecule has 3 aromatic carbocycles. The van der Waals surface area contributed by atoms with Crippen LogP contribution < -0.4 is 4.90 Å². The molecule has 1 fully saturated rings. The number of imide groups is 1. The predicted octanol–water partition coefficient (Wildman–Crippen LogP) is 4.18. The van der Waals surface area contributed by atoms with E-state index in [0.717, 1.165) is 5.56 Å². The van der Waals surface area contributed by atoms with Crippen molar-refractivity contribution in [2.45, 2.75) is 11.8 Å². The van der Waals surface area contributed by atoms with Crippen LogP contribution in [0.3, 0.4) is 0 Å². The van der Waals surface area contributed by atoms with E-state index in [1.54, 1.807) is 54.7 Å². The van der Waals surface area contributed by atoms with Crippen molar-refractivity contribution < 1.29 is 18.0 Å². The summed E-state index contributed by atoms with van der Waals surface area (Å²) < 4.78 is 27.5. The van der Waals surface area contributed by atoms with E-state index in [2.05, 4.69) is 0 Å². The van der Waals surface area contributed by atoms with E-state index >= 15 is 0 Å². The third kappa shape index (κ3) is 4.43. The third-order valence-electron chi connectivity index (χ3n) is 6.41. The van der Waals surface area contributed by atoms with Crippen molar-refractivity contribution in [2.75, 3.05) is 31.1 Å². The average Bonchev–Trinajstić information content (AvgIpc) is 2.88. The number of rotatable bonds is 4. The minimum absolute atomic E-state index is 0.197. The summed E-state index contributed by atoms with van der Waals surface area (Å²) in [6, 6.07) is 20.4. The van der Waals surface area contributed by atoms with Gasteiger partial charge in [0.15, 0.2) is 0 Å². The van der Waals surface area contributed by atoms with Crippen LogP contribution in [0, 0.1) is 6.92 Å². The summed E-state index contributed by atoms with van der Waals surface area (Å²) in [5.74, 6) is -0.769. The lowest BCUT2D eigenvalue weighted by molar-refractivity contribution is -0.112. The van der Waals surface area contributed by atoms with Crippen molar-refractivity contribution in [2.24, 2.45) is 0 Å². The smallest absolute Gasteiger partial charge is 0.267 e. The molecule has 184 valence electrons. The van der Waals surface area contributed by atoms with Crippen LogP contribution in [0.4, 0.5) is 5.69 Å². The van der Waals surface area contributed by atoms with Gasteiger partial charge in [-0.05, 0) is 49.4 Å². The highest BCUT2D eigenvalue weighted by atomic mass is 35.5. The number of aryl methyl sites for hydroxylation is 1. The summed E-state index contributed by atoms with van der Waals surface area (Å²) in [5.41, 5.74) is 2.97. The zero-order valence-corrected chi connectivity index (χ0v) is 21.2. The van der Waals surface area contributed by atoms with Gasteiger partial charge in [-0.15, -0.1) is 0 Å². The second-order valence-corrected chi connectivity index (χ2v) is 11.1. The van der Waals surface area contributed by atoms with Gasteiger partial charge >= 0.3 is 0 Å². The molecule has 0 saturated carbocycles. The van der Waals surface area contributed by atoms with Crippen molar-refractivity contribution >= 4 is 44.7 Å². The predicted molar refractivity (Wildman–Crippen MR) is 139 cm³/mol. The number of nitrogens with zero attached hydrogens (tertiary/aromatic N) is 3. The number of hydrogen-bond acceptors (Lipinski definition) is 5. The molecule has 0 N–H and O–H groups in total. The fourth-order valence-corrected chi connectivity index (χ4v) is 5.97. The Kier molecular flexibility index (Phi) is 6.42. The van der Waals surface area contributed by atoms with E-state index in [-0.39, 0.29) is 23.9 Å². The fraction of sp³-hybridized carbons (Fsp3) is 0.185. The molecule has 7 nitrogen and oxygen atoms in total. The molecule has 2 aliphatic heterocycles. The lowest BCUT2D eigenvalue weighted by Crippen LogP contribution is -2.47. The maximum Gasteiger partial charge on any atom is 0.267 e. The van der Waals surface area contributed by atoms with E-state index in [4.69, 9.17) is 11.6 Å². The van der Waals surface area contributed by atoms with Crippen molar-refractivity contribution in [1.29, 1.82) is 0 Å².